The van der Waals surface area contributed by atoms with Crippen molar-refractivity contribution in [1.82, 2.24) is 4.90 Å². The number of anilines is 1. The van der Waals surface area contributed by atoms with Crippen LogP contribution in [-0.4, -0.2) is 43.7 Å². The molecule has 21 heavy (non-hydrogen) atoms. The molecule has 0 amide bonds. The van der Waals surface area contributed by atoms with Gasteiger partial charge >= 0.3 is 0 Å². The third-order valence-electron chi connectivity index (χ3n) is 4.52. The van der Waals surface area contributed by atoms with Gasteiger partial charge in [0.15, 0.2) is 0 Å². The van der Waals surface area contributed by atoms with Crippen molar-refractivity contribution in [2.45, 2.75) is 45.2 Å². The van der Waals surface area contributed by atoms with Crippen molar-refractivity contribution in [2.75, 3.05) is 31.6 Å². The number of halogens is 1. The number of hydrogen-bond acceptors (Lipinski definition) is 3. The van der Waals surface area contributed by atoms with Crippen LogP contribution in [0.5, 0.6) is 0 Å². The molecule has 118 valence electrons. The Bertz CT molecular complexity index is 453. The van der Waals surface area contributed by atoms with Crippen LogP contribution in [0.4, 0.5) is 5.69 Å². The summed E-state index contributed by atoms with van der Waals surface area (Å²) in [6.07, 6.45) is 3.32. The molecule has 0 aromatic heterocycles. The van der Waals surface area contributed by atoms with Crippen LogP contribution in [0.3, 0.4) is 0 Å². The molecular formula is C17H28ClN3. The van der Waals surface area contributed by atoms with Crippen LogP contribution in [-0.2, 0) is 6.42 Å². The molecule has 1 saturated heterocycles. The molecule has 0 saturated carbocycles. The van der Waals surface area contributed by atoms with E-state index in [-0.39, 0.29) is 6.04 Å². The lowest BCUT2D eigenvalue weighted by Crippen LogP contribution is -2.43. The first-order chi connectivity index (χ1) is 10.0. The Morgan fingerprint density at radius 1 is 1.38 bits per heavy atom. The van der Waals surface area contributed by atoms with Gasteiger partial charge in [-0.25, -0.2) is 0 Å². The standard InChI is InChI=1S/C17H28ClN3/c1-4-21-9-7-16(8-10-21)20(3)17-6-5-15(18)12-14(17)11-13(2)19/h5-6,12-13,16H,4,7-11,19H2,1-3H3. The Kier molecular flexibility index (Phi) is 5.91. The highest BCUT2D eigenvalue weighted by molar-refractivity contribution is 6.30. The van der Waals surface area contributed by atoms with Gasteiger partial charge in [-0.05, 0) is 56.5 Å². The summed E-state index contributed by atoms with van der Waals surface area (Å²) in [5.41, 5.74) is 8.54. The van der Waals surface area contributed by atoms with Crippen molar-refractivity contribution in [3.05, 3.63) is 28.8 Å². The number of hydrogen-bond donors (Lipinski definition) is 1. The molecule has 1 unspecified atom stereocenters. The van der Waals surface area contributed by atoms with E-state index >= 15 is 0 Å². The minimum absolute atomic E-state index is 0.151. The largest absolute Gasteiger partial charge is 0.371 e. The quantitative estimate of drug-likeness (QED) is 0.907. The molecule has 1 aliphatic heterocycles. The number of nitrogens with zero attached hydrogens (tertiary/aromatic N) is 2. The van der Waals surface area contributed by atoms with E-state index in [1.165, 1.54) is 37.2 Å². The Morgan fingerprint density at radius 3 is 2.62 bits per heavy atom. The van der Waals surface area contributed by atoms with Crippen LogP contribution < -0.4 is 10.6 Å². The maximum absolute atomic E-state index is 6.16. The van der Waals surface area contributed by atoms with Crippen LogP contribution in [0.15, 0.2) is 18.2 Å². The molecule has 4 heteroatoms. The number of nitrogens with two attached hydrogens (primary N) is 1. The molecule has 2 N–H and O–H groups in total. The van der Waals surface area contributed by atoms with Crippen molar-refractivity contribution < 1.29 is 0 Å². The second-order valence-electron chi connectivity index (χ2n) is 6.23. The lowest BCUT2D eigenvalue weighted by Gasteiger charge is -2.38. The summed E-state index contributed by atoms with van der Waals surface area (Å²) < 4.78 is 0. The summed E-state index contributed by atoms with van der Waals surface area (Å²) in [6, 6.07) is 6.96. The lowest BCUT2D eigenvalue weighted by molar-refractivity contribution is 0.221. The monoisotopic (exact) mass is 309 g/mol. The van der Waals surface area contributed by atoms with E-state index in [0.29, 0.717) is 6.04 Å². The molecule has 0 radical (unpaired) electrons. The van der Waals surface area contributed by atoms with Crippen molar-refractivity contribution in [2.24, 2.45) is 5.73 Å². The molecule has 1 atom stereocenters. The van der Waals surface area contributed by atoms with Gasteiger partial charge in [0.25, 0.3) is 0 Å². The van der Waals surface area contributed by atoms with E-state index < -0.39 is 0 Å². The molecule has 0 aliphatic carbocycles. The third kappa shape index (κ3) is 4.35. The van der Waals surface area contributed by atoms with Gasteiger partial charge in [-0.2, -0.15) is 0 Å². The molecule has 1 aromatic carbocycles. The first-order valence-corrected chi connectivity index (χ1v) is 8.38. The predicted octanol–water partition coefficient (Wildman–Crippen LogP) is 3.15. The fourth-order valence-corrected chi connectivity index (χ4v) is 3.42. The summed E-state index contributed by atoms with van der Waals surface area (Å²) in [7, 11) is 2.21. The minimum atomic E-state index is 0.151. The van der Waals surface area contributed by atoms with E-state index in [2.05, 4.69) is 35.9 Å². The Hall–Kier alpha value is -0.770. The number of likely N-dealkylation sites (tertiary alicyclic amines) is 1. The maximum atomic E-state index is 6.16. The van der Waals surface area contributed by atoms with Gasteiger partial charge in [0.1, 0.15) is 0 Å². The second kappa shape index (κ2) is 7.48. The highest BCUT2D eigenvalue weighted by Gasteiger charge is 2.23. The molecule has 1 aliphatic rings. The zero-order valence-corrected chi connectivity index (χ0v) is 14.2. The van der Waals surface area contributed by atoms with Gasteiger partial charge in [0.2, 0.25) is 0 Å². The van der Waals surface area contributed by atoms with Crippen LogP contribution in [0.1, 0.15) is 32.3 Å². The van der Waals surface area contributed by atoms with Crippen molar-refractivity contribution in [1.29, 1.82) is 0 Å². The summed E-state index contributed by atoms with van der Waals surface area (Å²) in [6.45, 7) is 7.84. The Labute approximate surface area is 134 Å². The van der Waals surface area contributed by atoms with Crippen LogP contribution in [0.2, 0.25) is 5.02 Å². The van der Waals surface area contributed by atoms with E-state index in [4.69, 9.17) is 17.3 Å². The first kappa shape index (κ1) is 16.6. The normalized spacial score (nSPS) is 18.7. The number of rotatable bonds is 5. The van der Waals surface area contributed by atoms with Gasteiger partial charge in [0, 0.05) is 42.9 Å². The summed E-state index contributed by atoms with van der Waals surface area (Å²) in [5, 5.41) is 0.795. The highest BCUT2D eigenvalue weighted by atomic mass is 35.5. The lowest BCUT2D eigenvalue weighted by atomic mass is 9.99. The molecular weight excluding hydrogens is 282 g/mol. The van der Waals surface area contributed by atoms with Crippen LogP contribution >= 0.6 is 11.6 Å². The van der Waals surface area contributed by atoms with Gasteiger partial charge < -0.3 is 15.5 Å². The zero-order chi connectivity index (χ0) is 15.4. The minimum Gasteiger partial charge on any atom is -0.371 e. The van der Waals surface area contributed by atoms with Gasteiger partial charge in [-0.15, -0.1) is 0 Å². The SMILES string of the molecule is CCN1CCC(N(C)c2ccc(Cl)cc2CC(C)N)CC1. The molecule has 1 heterocycles. The average Bonchev–Trinajstić information content (AvgIpc) is 2.46. The van der Waals surface area contributed by atoms with Crippen molar-refractivity contribution in [3.63, 3.8) is 0 Å². The summed E-state index contributed by atoms with van der Waals surface area (Å²) in [4.78, 5) is 4.95. The van der Waals surface area contributed by atoms with Crippen molar-refractivity contribution >= 4 is 17.3 Å². The molecule has 2 rings (SSSR count). The van der Waals surface area contributed by atoms with E-state index in [0.717, 1.165) is 18.0 Å². The van der Waals surface area contributed by atoms with Gasteiger partial charge in [-0.3, -0.25) is 0 Å². The molecule has 1 aromatic rings. The number of benzene rings is 1. The second-order valence-corrected chi connectivity index (χ2v) is 6.67. The smallest absolute Gasteiger partial charge is 0.0410 e. The number of piperidine rings is 1. The van der Waals surface area contributed by atoms with Gasteiger partial charge in [0.05, 0.1) is 0 Å². The highest BCUT2D eigenvalue weighted by Crippen LogP contribution is 2.28. The Balaban J connectivity index is 2.13. The fraction of sp³-hybridized carbons (Fsp3) is 0.647. The molecule has 1 fully saturated rings. The Morgan fingerprint density at radius 2 is 2.05 bits per heavy atom. The average molecular weight is 310 g/mol. The van der Waals surface area contributed by atoms with E-state index in [1.54, 1.807) is 0 Å². The molecule has 0 spiro atoms. The molecule has 3 nitrogen and oxygen atoms in total. The van der Waals surface area contributed by atoms with Crippen LogP contribution in [0.25, 0.3) is 0 Å². The summed E-state index contributed by atoms with van der Waals surface area (Å²) >= 11 is 6.16. The van der Waals surface area contributed by atoms with E-state index in [9.17, 15) is 0 Å². The fourth-order valence-electron chi connectivity index (χ4n) is 3.23. The summed E-state index contributed by atoms with van der Waals surface area (Å²) in [5.74, 6) is 0. The van der Waals surface area contributed by atoms with Crippen molar-refractivity contribution in [3.8, 4) is 0 Å². The first-order valence-electron chi connectivity index (χ1n) is 8.00. The maximum Gasteiger partial charge on any atom is 0.0410 e. The van der Waals surface area contributed by atoms with Gasteiger partial charge in [-0.1, -0.05) is 18.5 Å². The van der Waals surface area contributed by atoms with E-state index in [1.807, 2.05) is 13.0 Å². The molecule has 0 bridgehead atoms. The topological polar surface area (TPSA) is 32.5 Å². The third-order valence-corrected chi connectivity index (χ3v) is 4.75. The van der Waals surface area contributed by atoms with Crippen LogP contribution in [0, 0.1) is 0 Å². The predicted molar refractivity (Wildman–Crippen MR) is 92.3 cm³/mol. The zero-order valence-electron chi connectivity index (χ0n) is 13.5.